The number of anilines is 4. The van der Waals surface area contributed by atoms with Gasteiger partial charge in [-0.2, -0.15) is 0 Å². The summed E-state index contributed by atoms with van der Waals surface area (Å²) < 4.78 is 0. The molecule has 6 rings (SSSR count). The minimum atomic E-state index is -0.0259. The van der Waals surface area contributed by atoms with Crippen LogP contribution in [0.3, 0.4) is 0 Å². The Balaban J connectivity index is 1.12. The average molecular weight is 636 g/mol. The second kappa shape index (κ2) is 15.4. The minimum Gasteiger partial charge on any atom is -0.340 e. The highest BCUT2D eigenvalue weighted by Gasteiger charge is 2.18. The summed E-state index contributed by atoms with van der Waals surface area (Å²) in [6.45, 7) is 9.61. The Hall–Kier alpha value is -4.42. The van der Waals surface area contributed by atoms with Gasteiger partial charge in [-0.25, -0.2) is 9.97 Å². The number of para-hydroxylation sites is 2. The smallest absolute Gasteiger partial charge is 0.225 e. The largest absolute Gasteiger partial charge is 0.340 e. The molecule has 47 heavy (non-hydrogen) atoms. The van der Waals surface area contributed by atoms with Crippen molar-refractivity contribution >= 4 is 45.6 Å². The molecule has 2 amide bonds. The number of likely N-dealkylation sites (N-methyl/N-ethyl adjacent to an activating group) is 2. The van der Waals surface area contributed by atoms with Crippen molar-refractivity contribution in [1.82, 2.24) is 29.6 Å². The zero-order valence-corrected chi connectivity index (χ0v) is 27.4. The summed E-state index contributed by atoms with van der Waals surface area (Å²) in [5.41, 5.74) is 3.82. The topological polar surface area (TPSA) is 109 Å². The molecule has 0 radical (unpaired) electrons. The first kappa shape index (κ1) is 32.5. The lowest BCUT2D eigenvalue weighted by atomic mass is 10.1. The van der Waals surface area contributed by atoms with Crippen molar-refractivity contribution in [3.8, 4) is 11.4 Å². The van der Waals surface area contributed by atoms with Crippen molar-refractivity contribution in [2.45, 2.75) is 12.8 Å². The molecule has 2 saturated heterocycles. The van der Waals surface area contributed by atoms with Crippen LogP contribution in [0.5, 0.6) is 0 Å². The molecule has 0 bridgehead atoms. The number of aromatic nitrogens is 2. The third-order valence-corrected chi connectivity index (χ3v) is 8.98. The van der Waals surface area contributed by atoms with Gasteiger partial charge >= 0.3 is 0 Å². The van der Waals surface area contributed by atoms with Crippen LogP contribution < -0.4 is 16.0 Å². The van der Waals surface area contributed by atoms with Crippen LogP contribution in [0.15, 0.2) is 72.8 Å². The first-order valence-corrected chi connectivity index (χ1v) is 16.5. The Morgan fingerprint density at radius 2 is 1.19 bits per heavy atom. The number of hydrogen-bond acceptors (Lipinski definition) is 9. The van der Waals surface area contributed by atoms with Gasteiger partial charge in [-0.1, -0.05) is 24.3 Å². The predicted molar refractivity (Wildman–Crippen MR) is 189 cm³/mol. The van der Waals surface area contributed by atoms with E-state index in [-0.39, 0.29) is 11.8 Å². The first-order chi connectivity index (χ1) is 22.9. The summed E-state index contributed by atoms with van der Waals surface area (Å²) >= 11 is 0. The van der Waals surface area contributed by atoms with Crippen molar-refractivity contribution in [2.24, 2.45) is 0 Å². The van der Waals surface area contributed by atoms with E-state index in [0.717, 1.165) is 93.3 Å². The zero-order chi connectivity index (χ0) is 32.6. The van der Waals surface area contributed by atoms with E-state index in [1.165, 1.54) is 0 Å². The van der Waals surface area contributed by atoms with Crippen LogP contribution in [0.25, 0.3) is 22.3 Å². The highest BCUT2D eigenvalue weighted by atomic mass is 16.2. The lowest BCUT2D eigenvalue weighted by Gasteiger charge is -2.32. The molecule has 4 aromatic rings. The van der Waals surface area contributed by atoms with Crippen LogP contribution in [0.1, 0.15) is 12.8 Å². The molecule has 0 aliphatic carbocycles. The number of nitrogens with zero attached hydrogens (tertiary/aromatic N) is 6. The monoisotopic (exact) mass is 635 g/mol. The number of hydrogen-bond donors (Lipinski definition) is 3. The Morgan fingerprint density at radius 1 is 0.638 bits per heavy atom. The van der Waals surface area contributed by atoms with Gasteiger partial charge in [-0.3, -0.25) is 9.59 Å². The normalized spacial score (nSPS) is 16.6. The molecule has 0 atom stereocenters. The third-order valence-electron chi connectivity index (χ3n) is 8.98. The van der Waals surface area contributed by atoms with E-state index in [2.05, 4.69) is 49.6 Å². The molecule has 2 aliphatic rings. The maximum atomic E-state index is 13.0. The minimum absolute atomic E-state index is 0.0150. The number of carbonyl (C=O) groups excluding carboxylic acids is 2. The molecule has 2 fully saturated rings. The van der Waals surface area contributed by atoms with Gasteiger partial charge in [0.2, 0.25) is 11.8 Å². The van der Waals surface area contributed by atoms with Gasteiger partial charge in [0, 0.05) is 101 Å². The van der Waals surface area contributed by atoms with E-state index >= 15 is 0 Å². The van der Waals surface area contributed by atoms with Gasteiger partial charge in [-0.05, 0) is 62.6 Å². The number of carbonyl (C=O) groups is 2. The lowest BCUT2D eigenvalue weighted by molar-refractivity contribution is -0.117. The van der Waals surface area contributed by atoms with Gasteiger partial charge < -0.3 is 35.6 Å². The average Bonchev–Trinajstić information content (AvgIpc) is 3.09. The molecule has 11 heteroatoms. The number of nitrogens with one attached hydrogen (secondary N) is 3. The Kier molecular flexibility index (Phi) is 10.7. The van der Waals surface area contributed by atoms with Crippen molar-refractivity contribution in [3.05, 3.63) is 72.8 Å². The van der Waals surface area contributed by atoms with Crippen LogP contribution in [0.2, 0.25) is 0 Å². The Labute approximate surface area is 277 Å². The third kappa shape index (κ3) is 8.89. The Morgan fingerprint density at radius 3 is 1.85 bits per heavy atom. The van der Waals surface area contributed by atoms with Crippen LogP contribution in [0.4, 0.5) is 22.9 Å². The number of rotatable bonds is 11. The number of amides is 2. The molecule has 0 saturated carbocycles. The van der Waals surface area contributed by atoms with E-state index in [1.807, 2.05) is 72.8 Å². The van der Waals surface area contributed by atoms with E-state index in [4.69, 9.17) is 9.97 Å². The van der Waals surface area contributed by atoms with Crippen LogP contribution in [-0.2, 0) is 9.59 Å². The Bertz CT molecular complexity index is 1660. The summed E-state index contributed by atoms with van der Waals surface area (Å²) in [5, 5.41) is 10.5. The fraction of sp³-hybridized carbons (Fsp3) is 0.389. The molecule has 246 valence electrons. The zero-order valence-electron chi connectivity index (χ0n) is 27.4. The molecular formula is C36H45N9O2. The highest BCUT2D eigenvalue weighted by molar-refractivity contribution is 5.97. The molecule has 2 aliphatic heterocycles. The van der Waals surface area contributed by atoms with Crippen molar-refractivity contribution in [1.29, 1.82) is 0 Å². The van der Waals surface area contributed by atoms with Crippen LogP contribution in [0, 0.1) is 0 Å². The molecule has 11 nitrogen and oxygen atoms in total. The number of benzene rings is 3. The maximum absolute atomic E-state index is 13.0. The number of piperazine rings is 2. The molecule has 3 aromatic carbocycles. The molecule has 3 N–H and O–H groups in total. The lowest BCUT2D eigenvalue weighted by Crippen LogP contribution is -2.45. The van der Waals surface area contributed by atoms with Gasteiger partial charge in [-0.15, -0.1) is 0 Å². The van der Waals surface area contributed by atoms with Gasteiger partial charge in [0.25, 0.3) is 0 Å². The van der Waals surface area contributed by atoms with E-state index in [9.17, 15) is 9.59 Å². The summed E-state index contributed by atoms with van der Waals surface area (Å²) in [4.78, 5) is 44.7. The van der Waals surface area contributed by atoms with Gasteiger partial charge in [0.1, 0.15) is 5.82 Å². The molecular weight excluding hydrogens is 590 g/mol. The standard InChI is InChI=1S/C36H45N9O2/c1-42-19-23-44(24-20-42)17-15-33(46)37-27-11-13-28(14-12-27)38-35-30-8-4-6-10-32(30)40-36(41-35)29-7-3-5-9-31(29)39-34(47)16-18-45-25-21-43(2)22-26-45/h3-14H,15-26H2,1-2H3,(H,37,46)(H,39,47)(H,38,40,41). The fourth-order valence-corrected chi connectivity index (χ4v) is 5.95. The predicted octanol–water partition coefficient (Wildman–Crippen LogP) is 4.19. The second-order valence-corrected chi connectivity index (χ2v) is 12.5. The maximum Gasteiger partial charge on any atom is 0.225 e. The fourth-order valence-electron chi connectivity index (χ4n) is 5.95. The SMILES string of the molecule is CN1CCN(CCC(=O)Nc2ccc(Nc3nc(-c4ccccc4NC(=O)CCN4CCN(C)CC4)nc4ccccc34)cc2)CC1. The van der Waals surface area contributed by atoms with Gasteiger partial charge in [0.15, 0.2) is 5.82 Å². The van der Waals surface area contributed by atoms with Crippen molar-refractivity contribution in [3.63, 3.8) is 0 Å². The molecule has 0 unspecified atom stereocenters. The van der Waals surface area contributed by atoms with Gasteiger partial charge in [0.05, 0.1) is 11.2 Å². The van der Waals surface area contributed by atoms with E-state index in [1.54, 1.807) is 0 Å². The summed E-state index contributed by atoms with van der Waals surface area (Å²) in [6, 6.07) is 23.2. The molecule has 3 heterocycles. The van der Waals surface area contributed by atoms with Crippen molar-refractivity contribution < 1.29 is 9.59 Å². The van der Waals surface area contributed by atoms with Crippen molar-refractivity contribution in [2.75, 3.05) is 95.5 Å². The van der Waals surface area contributed by atoms with E-state index < -0.39 is 0 Å². The summed E-state index contributed by atoms with van der Waals surface area (Å²) in [7, 11) is 4.26. The summed E-state index contributed by atoms with van der Waals surface area (Å²) in [6.07, 6.45) is 0.897. The second-order valence-electron chi connectivity index (χ2n) is 12.5. The molecule has 1 aromatic heterocycles. The quantitative estimate of drug-likeness (QED) is 0.224. The summed E-state index contributed by atoms with van der Waals surface area (Å²) in [5.74, 6) is 1.17. The first-order valence-electron chi connectivity index (χ1n) is 16.5. The number of fused-ring (bicyclic) bond motifs is 1. The van der Waals surface area contributed by atoms with E-state index in [0.29, 0.717) is 30.2 Å². The highest BCUT2D eigenvalue weighted by Crippen LogP contribution is 2.31. The molecule has 0 spiro atoms. The van der Waals surface area contributed by atoms with Crippen LogP contribution >= 0.6 is 0 Å². The van der Waals surface area contributed by atoms with Crippen LogP contribution in [-0.4, -0.2) is 121 Å².